The van der Waals surface area contributed by atoms with Gasteiger partial charge in [0.05, 0.1) is 6.54 Å². The minimum absolute atomic E-state index is 0.0321. The molecule has 1 aromatic rings. The number of nitrogens with zero attached hydrogens (tertiary/aromatic N) is 3. The third-order valence-electron chi connectivity index (χ3n) is 2.41. The number of hydrogen-bond acceptors (Lipinski definition) is 4. The van der Waals surface area contributed by atoms with E-state index < -0.39 is 5.97 Å². The molecule has 6 nitrogen and oxygen atoms in total. The lowest BCUT2D eigenvalue weighted by molar-refractivity contribution is 0.0692. The third kappa shape index (κ3) is 1.24. The van der Waals surface area contributed by atoms with Crippen molar-refractivity contribution in [2.75, 3.05) is 19.3 Å². The molecule has 3 N–H and O–H groups in total. The molecule has 0 saturated heterocycles. The van der Waals surface area contributed by atoms with Crippen LogP contribution in [0.3, 0.4) is 0 Å². The number of carboxylic acid groups (broad SMARTS) is 1. The second-order valence-electron chi connectivity index (χ2n) is 3.46. The van der Waals surface area contributed by atoms with Crippen LogP contribution in [0.25, 0.3) is 0 Å². The molecule has 14 heavy (non-hydrogen) atoms. The quantitative estimate of drug-likeness (QED) is 0.639. The van der Waals surface area contributed by atoms with E-state index in [4.69, 9.17) is 10.8 Å². The summed E-state index contributed by atoms with van der Waals surface area (Å²) in [5, 5.41) is 8.81. The first-order chi connectivity index (χ1) is 6.59. The van der Waals surface area contributed by atoms with Gasteiger partial charge in [0, 0.05) is 13.1 Å². The molecule has 76 valence electrons. The van der Waals surface area contributed by atoms with Crippen molar-refractivity contribution in [2.45, 2.75) is 13.1 Å². The zero-order chi connectivity index (χ0) is 10.3. The maximum absolute atomic E-state index is 10.8. The number of nitrogen functional groups attached to an aromatic ring is 1. The number of likely N-dealkylation sites (N-methyl/N-ethyl adjacent to an activating group) is 1. The Kier molecular flexibility index (Phi) is 1.92. The number of anilines is 1. The zero-order valence-electron chi connectivity index (χ0n) is 7.90. The topological polar surface area (TPSA) is 84.4 Å². The van der Waals surface area contributed by atoms with E-state index in [-0.39, 0.29) is 11.5 Å². The molecule has 0 bridgehead atoms. The van der Waals surface area contributed by atoms with Crippen LogP contribution in [0.4, 0.5) is 5.82 Å². The summed E-state index contributed by atoms with van der Waals surface area (Å²) in [4.78, 5) is 16.8. The standard InChI is InChI=1S/C8H12N4O2/c1-11-2-3-12-5(4-11)10-6(7(12)9)8(13)14/h2-4,9H2,1H3,(H,13,14). The Morgan fingerprint density at radius 2 is 2.29 bits per heavy atom. The first-order valence-electron chi connectivity index (χ1n) is 4.36. The smallest absolute Gasteiger partial charge is 0.358 e. The number of aromatic nitrogens is 2. The van der Waals surface area contributed by atoms with Crippen molar-refractivity contribution in [1.82, 2.24) is 14.5 Å². The molecule has 1 aromatic heterocycles. The van der Waals surface area contributed by atoms with Gasteiger partial charge in [0.15, 0.2) is 5.69 Å². The highest BCUT2D eigenvalue weighted by atomic mass is 16.4. The Morgan fingerprint density at radius 1 is 1.57 bits per heavy atom. The summed E-state index contributed by atoms with van der Waals surface area (Å²) in [5.41, 5.74) is 5.64. The lowest BCUT2D eigenvalue weighted by Crippen LogP contribution is -2.30. The van der Waals surface area contributed by atoms with Crippen molar-refractivity contribution >= 4 is 11.8 Å². The zero-order valence-corrected chi connectivity index (χ0v) is 7.90. The van der Waals surface area contributed by atoms with E-state index in [0.29, 0.717) is 13.1 Å². The van der Waals surface area contributed by atoms with Crippen molar-refractivity contribution < 1.29 is 9.90 Å². The van der Waals surface area contributed by atoms with Crippen LogP contribution in [0.5, 0.6) is 0 Å². The fraction of sp³-hybridized carbons (Fsp3) is 0.500. The number of carbonyl (C=O) groups is 1. The largest absolute Gasteiger partial charge is 0.476 e. The van der Waals surface area contributed by atoms with Gasteiger partial charge in [-0.25, -0.2) is 9.78 Å². The Morgan fingerprint density at radius 3 is 2.93 bits per heavy atom. The lowest BCUT2D eigenvalue weighted by Gasteiger charge is -2.23. The van der Waals surface area contributed by atoms with Crippen molar-refractivity contribution in [3.63, 3.8) is 0 Å². The van der Waals surface area contributed by atoms with Gasteiger partial charge in [-0.3, -0.25) is 4.90 Å². The van der Waals surface area contributed by atoms with Crippen molar-refractivity contribution in [3.8, 4) is 0 Å². The van der Waals surface area contributed by atoms with Gasteiger partial charge in [-0.1, -0.05) is 0 Å². The molecule has 0 fully saturated rings. The number of aromatic carboxylic acids is 1. The molecule has 0 aliphatic carbocycles. The van der Waals surface area contributed by atoms with E-state index in [1.807, 2.05) is 7.05 Å². The van der Waals surface area contributed by atoms with E-state index in [1.54, 1.807) is 4.57 Å². The number of hydrogen-bond donors (Lipinski definition) is 2. The summed E-state index contributed by atoms with van der Waals surface area (Å²) in [6.45, 7) is 2.22. The highest BCUT2D eigenvalue weighted by Gasteiger charge is 2.23. The monoisotopic (exact) mass is 196 g/mol. The maximum Gasteiger partial charge on any atom is 0.358 e. The fourth-order valence-corrected chi connectivity index (χ4v) is 1.63. The van der Waals surface area contributed by atoms with Crippen LogP contribution in [0.2, 0.25) is 0 Å². The second-order valence-corrected chi connectivity index (χ2v) is 3.46. The number of fused-ring (bicyclic) bond motifs is 1. The Balaban J connectivity index is 2.45. The van der Waals surface area contributed by atoms with Crippen molar-refractivity contribution in [2.24, 2.45) is 0 Å². The summed E-state index contributed by atoms with van der Waals surface area (Å²) < 4.78 is 1.77. The Bertz CT molecular complexity index is 385. The SMILES string of the molecule is CN1CCn2c(nc(C(=O)O)c2N)C1. The summed E-state index contributed by atoms with van der Waals surface area (Å²) >= 11 is 0. The number of nitrogens with two attached hydrogens (primary N) is 1. The van der Waals surface area contributed by atoms with Crippen molar-refractivity contribution in [3.05, 3.63) is 11.5 Å². The average molecular weight is 196 g/mol. The molecule has 1 aliphatic heterocycles. The summed E-state index contributed by atoms with van der Waals surface area (Å²) in [6, 6.07) is 0. The van der Waals surface area contributed by atoms with Gasteiger partial charge in [0.1, 0.15) is 11.6 Å². The average Bonchev–Trinajstić information content (AvgIpc) is 2.43. The molecule has 0 amide bonds. The lowest BCUT2D eigenvalue weighted by atomic mass is 10.4. The Hall–Kier alpha value is -1.56. The highest BCUT2D eigenvalue weighted by molar-refractivity contribution is 5.90. The highest BCUT2D eigenvalue weighted by Crippen LogP contribution is 2.18. The van der Waals surface area contributed by atoms with E-state index in [1.165, 1.54) is 0 Å². The first-order valence-corrected chi connectivity index (χ1v) is 4.36. The minimum Gasteiger partial charge on any atom is -0.476 e. The molecule has 1 aliphatic rings. The third-order valence-corrected chi connectivity index (χ3v) is 2.41. The van der Waals surface area contributed by atoms with Gasteiger partial charge < -0.3 is 15.4 Å². The van der Waals surface area contributed by atoms with Gasteiger partial charge in [-0.2, -0.15) is 0 Å². The molecule has 2 rings (SSSR count). The van der Waals surface area contributed by atoms with Crippen LogP contribution >= 0.6 is 0 Å². The maximum atomic E-state index is 10.8. The molecule has 0 spiro atoms. The van der Waals surface area contributed by atoms with Crippen LogP contribution in [-0.4, -0.2) is 39.1 Å². The van der Waals surface area contributed by atoms with E-state index in [2.05, 4.69) is 9.88 Å². The summed E-state index contributed by atoms with van der Waals surface area (Å²) in [5.74, 6) is -0.0682. The van der Waals surface area contributed by atoms with Gasteiger partial charge in [-0.05, 0) is 7.05 Å². The first kappa shape index (κ1) is 9.01. The Labute approximate surface area is 80.9 Å². The summed E-state index contributed by atoms with van der Waals surface area (Å²) in [7, 11) is 1.97. The van der Waals surface area contributed by atoms with Gasteiger partial charge in [0.25, 0.3) is 0 Å². The van der Waals surface area contributed by atoms with E-state index >= 15 is 0 Å². The molecule has 6 heteroatoms. The normalized spacial score (nSPS) is 16.6. The van der Waals surface area contributed by atoms with Gasteiger partial charge in [0.2, 0.25) is 0 Å². The number of rotatable bonds is 1. The molecule has 0 atom stereocenters. The molecule has 2 heterocycles. The van der Waals surface area contributed by atoms with Crippen molar-refractivity contribution in [1.29, 1.82) is 0 Å². The number of imidazole rings is 1. The summed E-state index contributed by atoms with van der Waals surface area (Å²) in [6.07, 6.45) is 0. The molecule has 0 aromatic carbocycles. The molecule has 0 unspecified atom stereocenters. The molecule has 0 saturated carbocycles. The van der Waals surface area contributed by atoms with Crippen LogP contribution in [0, 0.1) is 0 Å². The van der Waals surface area contributed by atoms with E-state index in [9.17, 15) is 4.79 Å². The van der Waals surface area contributed by atoms with E-state index in [0.717, 1.165) is 12.4 Å². The van der Waals surface area contributed by atoms with Gasteiger partial charge in [-0.15, -0.1) is 0 Å². The second kappa shape index (κ2) is 2.98. The predicted octanol–water partition coefficient (Wildman–Crippen LogP) is -0.391. The predicted molar refractivity (Wildman–Crippen MR) is 49.9 cm³/mol. The molecular weight excluding hydrogens is 184 g/mol. The molecular formula is C8H12N4O2. The molecule has 0 radical (unpaired) electrons. The van der Waals surface area contributed by atoms with Crippen LogP contribution < -0.4 is 5.73 Å². The number of carboxylic acids is 1. The fourth-order valence-electron chi connectivity index (χ4n) is 1.63. The van der Waals surface area contributed by atoms with Crippen LogP contribution in [0.1, 0.15) is 16.3 Å². The minimum atomic E-state index is -1.06. The van der Waals surface area contributed by atoms with Crippen LogP contribution in [-0.2, 0) is 13.1 Å². The van der Waals surface area contributed by atoms with Gasteiger partial charge >= 0.3 is 5.97 Å². The van der Waals surface area contributed by atoms with Crippen LogP contribution in [0.15, 0.2) is 0 Å².